The molecule has 0 unspecified atom stereocenters. The van der Waals surface area contributed by atoms with Crippen molar-refractivity contribution in [2.75, 3.05) is 40.8 Å². The summed E-state index contributed by atoms with van der Waals surface area (Å²) < 4.78 is 32.6. The Morgan fingerprint density at radius 3 is 2.44 bits per heavy atom. The van der Waals surface area contributed by atoms with Crippen LogP contribution in [0.2, 0.25) is 0 Å². The summed E-state index contributed by atoms with van der Waals surface area (Å²) in [7, 11) is 1.38. The summed E-state index contributed by atoms with van der Waals surface area (Å²) >= 11 is 0. The van der Waals surface area contributed by atoms with Gasteiger partial charge in [0.1, 0.15) is 5.75 Å². The monoisotopic (exact) mass is 395 g/mol. The van der Waals surface area contributed by atoms with Gasteiger partial charge in [-0.05, 0) is 37.7 Å². The van der Waals surface area contributed by atoms with Crippen LogP contribution in [-0.2, 0) is 20.4 Å². The lowest BCUT2D eigenvalue weighted by atomic mass is 9.93. The summed E-state index contributed by atoms with van der Waals surface area (Å²) in [6.07, 6.45) is 3.18. The number of rotatable bonds is 7. The maximum atomic E-state index is 12.9. The van der Waals surface area contributed by atoms with E-state index in [0.717, 1.165) is 37.0 Å². The lowest BCUT2D eigenvalue weighted by Crippen LogP contribution is -2.46. The van der Waals surface area contributed by atoms with Gasteiger partial charge >= 0.3 is 0 Å². The zero-order valence-electron chi connectivity index (χ0n) is 16.3. The molecule has 1 saturated heterocycles. The van der Waals surface area contributed by atoms with Crippen LogP contribution in [0.25, 0.3) is 0 Å². The standard InChI is InChI=1S/C19H29N3O4S/c1-21(2)27(24,25)22-12-8-15(9-13-22)14-20-18(23)19(10-11-19)16-6-4-5-7-17(16)26-3/h4-7,15H,8-14H2,1-3H3,(H,20,23). The molecule has 0 atom stereocenters. The molecule has 27 heavy (non-hydrogen) atoms. The number of amides is 1. The molecule has 1 aromatic carbocycles. The molecule has 0 bridgehead atoms. The third-order valence-electron chi connectivity index (χ3n) is 5.72. The summed E-state index contributed by atoms with van der Waals surface area (Å²) in [5, 5.41) is 3.11. The Morgan fingerprint density at radius 1 is 1.26 bits per heavy atom. The number of ether oxygens (including phenoxy) is 1. The molecule has 0 aromatic heterocycles. The van der Waals surface area contributed by atoms with E-state index in [-0.39, 0.29) is 5.91 Å². The molecule has 1 heterocycles. The number of para-hydroxylation sites is 1. The molecule has 1 N–H and O–H groups in total. The lowest BCUT2D eigenvalue weighted by molar-refractivity contribution is -0.123. The normalized spacial score (nSPS) is 20.4. The maximum Gasteiger partial charge on any atom is 0.281 e. The molecule has 1 saturated carbocycles. The molecule has 3 rings (SSSR count). The zero-order chi connectivity index (χ0) is 19.7. The molecule has 2 aliphatic rings. The first-order chi connectivity index (χ1) is 12.8. The van der Waals surface area contributed by atoms with Gasteiger partial charge in [0.2, 0.25) is 5.91 Å². The highest BCUT2D eigenvalue weighted by Crippen LogP contribution is 2.51. The topological polar surface area (TPSA) is 79.0 Å². The van der Waals surface area contributed by atoms with Crippen LogP contribution in [0, 0.1) is 5.92 Å². The van der Waals surface area contributed by atoms with Gasteiger partial charge in [-0.1, -0.05) is 18.2 Å². The number of hydrogen-bond acceptors (Lipinski definition) is 4. The van der Waals surface area contributed by atoms with Gasteiger partial charge in [-0.3, -0.25) is 4.79 Å². The van der Waals surface area contributed by atoms with Gasteiger partial charge < -0.3 is 10.1 Å². The minimum absolute atomic E-state index is 0.0512. The minimum Gasteiger partial charge on any atom is -0.496 e. The highest BCUT2D eigenvalue weighted by molar-refractivity contribution is 7.86. The first-order valence-corrected chi connectivity index (χ1v) is 10.8. The van der Waals surface area contributed by atoms with Crippen molar-refractivity contribution in [2.24, 2.45) is 5.92 Å². The first-order valence-electron chi connectivity index (χ1n) is 9.40. The van der Waals surface area contributed by atoms with Crippen molar-refractivity contribution < 1.29 is 17.9 Å². The van der Waals surface area contributed by atoms with Crippen molar-refractivity contribution in [1.82, 2.24) is 13.9 Å². The molecular formula is C19H29N3O4S. The zero-order valence-corrected chi connectivity index (χ0v) is 17.1. The van der Waals surface area contributed by atoms with Gasteiger partial charge in [0.25, 0.3) is 10.2 Å². The molecule has 1 aliphatic heterocycles. The number of nitrogens with zero attached hydrogens (tertiary/aromatic N) is 2. The highest BCUT2D eigenvalue weighted by atomic mass is 32.2. The summed E-state index contributed by atoms with van der Waals surface area (Å²) in [6.45, 7) is 1.59. The molecular weight excluding hydrogens is 366 g/mol. The molecule has 8 heteroatoms. The Bertz CT molecular complexity index is 782. The van der Waals surface area contributed by atoms with Gasteiger partial charge in [0.15, 0.2) is 0 Å². The van der Waals surface area contributed by atoms with Crippen molar-refractivity contribution in [1.29, 1.82) is 0 Å². The van der Waals surface area contributed by atoms with Crippen molar-refractivity contribution in [3.8, 4) is 5.75 Å². The fourth-order valence-electron chi connectivity index (χ4n) is 3.76. The molecule has 7 nitrogen and oxygen atoms in total. The summed E-state index contributed by atoms with van der Waals surface area (Å²) in [4.78, 5) is 12.9. The van der Waals surface area contributed by atoms with E-state index in [1.807, 2.05) is 24.3 Å². The van der Waals surface area contributed by atoms with E-state index in [1.54, 1.807) is 21.2 Å². The van der Waals surface area contributed by atoms with E-state index in [1.165, 1.54) is 8.61 Å². The Morgan fingerprint density at radius 2 is 1.89 bits per heavy atom. The molecule has 150 valence electrons. The number of piperidine rings is 1. The quantitative estimate of drug-likeness (QED) is 0.756. The van der Waals surface area contributed by atoms with Crippen molar-refractivity contribution >= 4 is 16.1 Å². The van der Waals surface area contributed by atoms with E-state index in [0.29, 0.717) is 25.6 Å². The number of carbonyl (C=O) groups excluding carboxylic acids is 1. The van der Waals surface area contributed by atoms with Crippen LogP contribution in [0.4, 0.5) is 0 Å². The van der Waals surface area contributed by atoms with E-state index in [2.05, 4.69) is 5.32 Å². The van der Waals surface area contributed by atoms with Crippen LogP contribution in [-0.4, -0.2) is 63.8 Å². The van der Waals surface area contributed by atoms with Gasteiger partial charge in [-0.25, -0.2) is 0 Å². The molecule has 2 fully saturated rings. The second-order valence-electron chi connectivity index (χ2n) is 7.63. The van der Waals surface area contributed by atoms with Gasteiger partial charge in [0, 0.05) is 39.3 Å². The number of benzene rings is 1. The fraction of sp³-hybridized carbons (Fsp3) is 0.632. The van der Waals surface area contributed by atoms with E-state index < -0.39 is 15.6 Å². The Hall–Kier alpha value is -1.64. The predicted molar refractivity (Wildman–Crippen MR) is 104 cm³/mol. The number of methoxy groups -OCH3 is 1. The van der Waals surface area contributed by atoms with Gasteiger partial charge in [0.05, 0.1) is 12.5 Å². The second-order valence-corrected chi connectivity index (χ2v) is 9.77. The Kier molecular flexibility index (Phi) is 5.79. The number of hydrogen-bond donors (Lipinski definition) is 1. The SMILES string of the molecule is COc1ccccc1C1(C(=O)NCC2CCN(S(=O)(=O)N(C)C)CC2)CC1. The Balaban J connectivity index is 1.55. The fourth-order valence-corrected chi connectivity index (χ4v) is 4.90. The summed E-state index contributed by atoms with van der Waals surface area (Å²) in [6, 6.07) is 7.71. The molecule has 0 radical (unpaired) electrons. The van der Waals surface area contributed by atoms with Crippen molar-refractivity contribution in [2.45, 2.75) is 31.1 Å². The summed E-state index contributed by atoms with van der Waals surface area (Å²) in [5.41, 5.74) is 0.485. The maximum absolute atomic E-state index is 12.9. The minimum atomic E-state index is -3.35. The van der Waals surface area contributed by atoms with Crippen LogP contribution in [0.1, 0.15) is 31.2 Å². The molecule has 1 aliphatic carbocycles. The lowest BCUT2D eigenvalue weighted by Gasteiger charge is -2.33. The third kappa shape index (κ3) is 3.97. The number of carbonyl (C=O) groups is 1. The molecule has 0 spiro atoms. The van der Waals surface area contributed by atoms with E-state index in [4.69, 9.17) is 4.74 Å². The van der Waals surface area contributed by atoms with Crippen molar-refractivity contribution in [3.05, 3.63) is 29.8 Å². The largest absolute Gasteiger partial charge is 0.496 e. The number of nitrogens with one attached hydrogen (secondary N) is 1. The van der Waals surface area contributed by atoms with Gasteiger partial charge in [-0.2, -0.15) is 17.0 Å². The molecule has 1 amide bonds. The van der Waals surface area contributed by atoms with E-state index >= 15 is 0 Å². The third-order valence-corrected chi connectivity index (χ3v) is 7.66. The van der Waals surface area contributed by atoms with Crippen molar-refractivity contribution in [3.63, 3.8) is 0 Å². The average Bonchev–Trinajstić information content (AvgIpc) is 3.48. The predicted octanol–water partition coefficient (Wildman–Crippen LogP) is 1.36. The highest BCUT2D eigenvalue weighted by Gasteiger charge is 2.52. The van der Waals surface area contributed by atoms with Crippen LogP contribution < -0.4 is 10.1 Å². The van der Waals surface area contributed by atoms with E-state index in [9.17, 15) is 13.2 Å². The van der Waals surface area contributed by atoms with Gasteiger partial charge in [-0.15, -0.1) is 0 Å². The van der Waals surface area contributed by atoms with Crippen LogP contribution in [0.3, 0.4) is 0 Å². The Labute approximate surface area is 161 Å². The second kappa shape index (κ2) is 7.77. The smallest absolute Gasteiger partial charge is 0.281 e. The van der Waals surface area contributed by atoms with Crippen LogP contribution in [0.5, 0.6) is 5.75 Å². The molecule has 1 aromatic rings. The van der Waals surface area contributed by atoms with Crippen LogP contribution in [0.15, 0.2) is 24.3 Å². The first kappa shape index (κ1) is 20.1. The average molecular weight is 396 g/mol. The summed E-state index contributed by atoms with van der Waals surface area (Å²) in [5.74, 6) is 1.11. The van der Waals surface area contributed by atoms with Crippen LogP contribution >= 0.6 is 0 Å².